The smallest absolute Gasteiger partial charge is 0.317 e. The zero-order valence-electron chi connectivity index (χ0n) is 12.2. The molecule has 1 aliphatic rings. The Hall–Kier alpha value is -1.81. The van der Waals surface area contributed by atoms with Crippen LogP contribution < -0.4 is 5.32 Å². The van der Waals surface area contributed by atoms with Gasteiger partial charge in [-0.15, -0.1) is 11.3 Å². The predicted octanol–water partition coefficient (Wildman–Crippen LogP) is 4.68. The van der Waals surface area contributed by atoms with E-state index in [9.17, 15) is 4.79 Å². The average Bonchev–Trinajstić information content (AvgIpc) is 3.18. The number of nitrogens with zero attached hydrogens (tertiary/aromatic N) is 1. The van der Waals surface area contributed by atoms with Crippen LogP contribution in [0, 0.1) is 0 Å². The molecule has 1 aromatic carbocycles. The highest BCUT2D eigenvalue weighted by Gasteiger charge is 2.30. The van der Waals surface area contributed by atoms with Crippen molar-refractivity contribution in [3.8, 4) is 0 Å². The maximum absolute atomic E-state index is 12.6. The molecule has 1 atom stereocenters. The Kier molecular flexibility index (Phi) is 4.25. The summed E-state index contributed by atoms with van der Waals surface area (Å²) in [6, 6.07) is 12.5. The monoisotopic (exact) mass is 300 g/mol. The number of hydrogen-bond donors (Lipinski definition) is 1. The lowest BCUT2D eigenvalue weighted by Crippen LogP contribution is -2.34. The SMILES string of the molecule is CCc1ccccc1NC(=O)N1CCC[C@@H]1c1cccs1. The Morgan fingerprint density at radius 2 is 2.19 bits per heavy atom. The highest BCUT2D eigenvalue weighted by molar-refractivity contribution is 7.10. The third kappa shape index (κ3) is 2.95. The molecule has 0 bridgehead atoms. The van der Waals surface area contributed by atoms with Crippen molar-refractivity contribution in [3.05, 3.63) is 52.2 Å². The summed E-state index contributed by atoms with van der Waals surface area (Å²) in [5.74, 6) is 0. The minimum atomic E-state index is 0.0202. The van der Waals surface area contributed by atoms with Gasteiger partial charge in [0.05, 0.1) is 6.04 Å². The summed E-state index contributed by atoms with van der Waals surface area (Å²) in [4.78, 5) is 15.9. The second-order valence-electron chi connectivity index (χ2n) is 5.31. The summed E-state index contributed by atoms with van der Waals surface area (Å²) in [5, 5.41) is 5.17. The molecule has 1 N–H and O–H groups in total. The molecule has 0 radical (unpaired) electrons. The Morgan fingerprint density at radius 1 is 1.33 bits per heavy atom. The number of likely N-dealkylation sites (tertiary alicyclic amines) is 1. The summed E-state index contributed by atoms with van der Waals surface area (Å²) in [6.07, 6.45) is 3.06. The molecule has 21 heavy (non-hydrogen) atoms. The van der Waals surface area contributed by atoms with Gasteiger partial charge < -0.3 is 10.2 Å². The van der Waals surface area contributed by atoms with E-state index in [1.54, 1.807) is 11.3 Å². The molecule has 0 spiro atoms. The molecule has 1 fully saturated rings. The van der Waals surface area contributed by atoms with Crippen molar-refractivity contribution in [1.29, 1.82) is 0 Å². The van der Waals surface area contributed by atoms with Gasteiger partial charge >= 0.3 is 6.03 Å². The fourth-order valence-electron chi connectivity index (χ4n) is 2.92. The first-order valence-corrected chi connectivity index (χ1v) is 8.36. The van der Waals surface area contributed by atoms with Crippen LogP contribution in [0.1, 0.15) is 36.2 Å². The van der Waals surface area contributed by atoms with Gasteiger partial charge in [0.15, 0.2) is 0 Å². The first kappa shape index (κ1) is 14.1. The van der Waals surface area contributed by atoms with Crippen LogP contribution in [0.25, 0.3) is 0 Å². The standard InChI is InChI=1S/C17H20N2OS/c1-2-13-7-3-4-8-14(13)18-17(20)19-11-5-9-15(19)16-10-6-12-21-16/h3-4,6-8,10,12,15H,2,5,9,11H2,1H3,(H,18,20)/t15-/m1/s1. The number of benzene rings is 1. The lowest BCUT2D eigenvalue weighted by Gasteiger charge is -2.24. The zero-order valence-corrected chi connectivity index (χ0v) is 13.0. The van der Waals surface area contributed by atoms with E-state index in [2.05, 4.69) is 35.8 Å². The van der Waals surface area contributed by atoms with E-state index < -0.39 is 0 Å². The number of anilines is 1. The fraction of sp³-hybridized carbons (Fsp3) is 0.353. The Balaban J connectivity index is 1.75. The summed E-state index contributed by atoms with van der Waals surface area (Å²) in [5.41, 5.74) is 2.11. The minimum absolute atomic E-state index is 0.0202. The molecule has 110 valence electrons. The number of aryl methyl sites for hydroxylation is 1. The van der Waals surface area contributed by atoms with Crippen molar-refractivity contribution < 1.29 is 4.79 Å². The lowest BCUT2D eigenvalue weighted by atomic mass is 10.1. The third-order valence-corrected chi connectivity index (χ3v) is 5.00. The normalized spacial score (nSPS) is 18.0. The van der Waals surface area contributed by atoms with Crippen molar-refractivity contribution >= 4 is 23.1 Å². The van der Waals surface area contributed by atoms with Gasteiger partial charge in [-0.3, -0.25) is 0 Å². The summed E-state index contributed by atoms with van der Waals surface area (Å²) < 4.78 is 0. The molecule has 2 heterocycles. The van der Waals surface area contributed by atoms with Crippen molar-refractivity contribution in [2.24, 2.45) is 0 Å². The Labute approximate surface area is 129 Å². The summed E-state index contributed by atoms with van der Waals surface area (Å²) >= 11 is 1.73. The predicted molar refractivity (Wildman–Crippen MR) is 87.8 cm³/mol. The largest absolute Gasteiger partial charge is 0.322 e. The first-order valence-electron chi connectivity index (χ1n) is 7.48. The molecule has 1 aliphatic heterocycles. The Bertz CT molecular complexity index is 609. The first-order chi connectivity index (χ1) is 10.3. The minimum Gasteiger partial charge on any atom is -0.317 e. The summed E-state index contributed by atoms with van der Waals surface area (Å²) in [6.45, 7) is 2.94. The van der Waals surface area contributed by atoms with Crippen LogP contribution in [0.2, 0.25) is 0 Å². The van der Waals surface area contributed by atoms with Crippen molar-refractivity contribution in [3.63, 3.8) is 0 Å². The number of urea groups is 1. The van der Waals surface area contributed by atoms with E-state index in [-0.39, 0.29) is 12.1 Å². The van der Waals surface area contributed by atoms with Gasteiger partial charge in [0.25, 0.3) is 0 Å². The topological polar surface area (TPSA) is 32.3 Å². The highest BCUT2D eigenvalue weighted by Crippen LogP contribution is 2.34. The number of carbonyl (C=O) groups is 1. The lowest BCUT2D eigenvalue weighted by molar-refractivity contribution is 0.208. The highest BCUT2D eigenvalue weighted by atomic mass is 32.1. The maximum atomic E-state index is 12.6. The number of hydrogen-bond acceptors (Lipinski definition) is 2. The van der Waals surface area contributed by atoms with Gasteiger partial charge in [0.1, 0.15) is 0 Å². The molecule has 0 unspecified atom stereocenters. The molecule has 2 aromatic rings. The molecule has 4 heteroatoms. The van der Waals surface area contributed by atoms with Crippen LogP contribution in [-0.2, 0) is 6.42 Å². The van der Waals surface area contributed by atoms with Gasteiger partial charge in [-0.25, -0.2) is 4.79 Å². The molecule has 1 saturated heterocycles. The number of para-hydroxylation sites is 1. The second kappa shape index (κ2) is 6.31. The maximum Gasteiger partial charge on any atom is 0.322 e. The molecule has 3 nitrogen and oxygen atoms in total. The van der Waals surface area contributed by atoms with Gasteiger partial charge in [-0.05, 0) is 42.3 Å². The fourth-order valence-corrected chi connectivity index (χ4v) is 3.80. The van der Waals surface area contributed by atoms with Gasteiger partial charge in [0, 0.05) is 17.1 Å². The molecular formula is C17H20N2OS. The zero-order chi connectivity index (χ0) is 14.7. The molecule has 3 rings (SSSR count). The van der Waals surface area contributed by atoms with Crippen molar-refractivity contribution in [1.82, 2.24) is 4.90 Å². The number of rotatable bonds is 3. The molecule has 0 saturated carbocycles. The van der Waals surface area contributed by atoms with Gasteiger partial charge in [-0.2, -0.15) is 0 Å². The number of amides is 2. The number of carbonyl (C=O) groups excluding carboxylic acids is 1. The Morgan fingerprint density at radius 3 is 2.95 bits per heavy atom. The van der Waals surface area contributed by atoms with Crippen LogP contribution in [0.4, 0.5) is 10.5 Å². The van der Waals surface area contributed by atoms with E-state index in [0.29, 0.717) is 0 Å². The van der Waals surface area contributed by atoms with E-state index in [4.69, 9.17) is 0 Å². The molecule has 1 aromatic heterocycles. The summed E-state index contributed by atoms with van der Waals surface area (Å²) in [7, 11) is 0. The van der Waals surface area contributed by atoms with E-state index in [0.717, 1.165) is 31.5 Å². The quantitative estimate of drug-likeness (QED) is 0.877. The van der Waals surface area contributed by atoms with Gasteiger partial charge in [-0.1, -0.05) is 31.2 Å². The molecular weight excluding hydrogens is 280 g/mol. The van der Waals surface area contributed by atoms with Crippen LogP contribution in [0.15, 0.2) is 41.8 Å². The number of nitrogens with one attached hydrogen (secondary N) is 1. The van der Waals surface area contributed by atoms with Crippen LogP contribution in [0.3, 0.4) is 0 Å². The van der Waals surface area contributed by atoms with Crippen LogP contribution in [-0.4, -0.2) is 17.5 Å². The van der Waals surface area contributed by atoms with E-state index >= 15 is 0 Å². The third-order valence-electron chi connectivity index (χ3n) is 4.03. The van der Waals surface area contributed by atoms with E-state index in [1.807, 2.05) is 23.1 Å². The molecule has 0 aliphatic carbocycles. The van der Waals surface area contributed by atoms with E-state index in [1.165, 1.54) is 10.4 Å². The number of thiophene rings is 1. The molecule has 2 amide bonds. The van der Waals surface area contributed by atoms with Crippen molar-refractivity contribution in [2.75, 3.05) is 11.9 Å². The van der Waals surface area contributed by atoms with Gasteiger partial charge in [0.2, 0.25) is 0 Å². The van der Waals surface area contributed by atoms with Crippen LogP contribution in [0.5, 0.6) is 0 Å². The second-order valence-corrected chi connectivity index (χ2v) is 6.29. The van der Waals surface area contributed by atoms with Crippen LogP contribution >= 0.6 is 11.3 Å². The average molecular weight is 300 g/mol. The van der Waals surface area contributed by atoms with Crippen molar-refractivity contribution in [2.45, 2.75) is 32.2 Å².